The maximum absolute atomic E-state index is 11.7. The summed E-state index contributed by atoms with van der Waals surface area (Å²) in [6.45, 7) is 4.77. The number of hydrogen-bond acceptors (Lipinski definition) is 5. The Hall–Kier alpha value is -3.93. The van der Waals surface area contributed by atoms with Crippen LogP contribution in [0, 0.1) is 0 Å². The number of carbonyl (C=O) groups excluding carboxylic acids is 1. The van der Waals surface area contributed by atoms with Crippen molar-refractivity contribution in [3.8, 4) is 16.9 Å². The first kappa shape index (κ1) is 18.1. The standard InChI is InChI=1S/C24H20N4O2/c1-2-22(30)28-12-16(13-28)27-24-20-9-5-8-19(23(20)25-14-26-24)21-11-17(29)10-15-6-3-4-7-18(15)21/h2-11,14,16,29H,1,12-13H2,(H,25,26,27). The van der Waals surface area contributed by atoms with E-state index in [0.29, 0.717) is 13.1 Å². The minimum Gasteiger partial charge on any atom is -0.508 e. The van der Waals surface area contributed by atoms with E-state index in [1.54, 1.807) is 23.4 Å². The van der Waals surface area contributed by atoms with E-state index in [-0.39, 0.29) is 17.7 Å². The van der Waals surface area contributed by atoms with Crippen molar-refractivity contribution in [2.45, 2.75) is 6.04 Å². The third-order valence-corrected chi connectivity index (χ3v) is 5.51. The molecule has 6 heteroatoms. The summed E-state index contributed by atoms with van der Waals surface area (Å²) in [6, 6.07) is 17.6. The summed E-state index contributed by atoms with van der Waals surface area (Å²) in [5, 5.41) is 16.6. The Bertz CT molecular complexity index is 1300. The summed E-state index contributed by atoms with van der Waals surface area (Å²) < 4.78 is 0. The first-order chi connectivity index (χ1) is 14.6. The molecule has 1 fully saturated rings. The van der Waals surface area contributed by atoms with Gasteiger partial charge < -0.3 is 15.3 Å². The van der Waals surface area contributed by atoms with Crippen molar-refractivity contribution < 1.29 is 9.90 Å². The highest BCUT2D eigenvalue weighted by atomic mass is 16.3. The topological polar surface area (TPSA) is 78.4 Å². The second kappa shape index (κ2) is 7.15. The van der Waals surface area contributed by atoms with Crippen LogP contribution in [0.5, 0.6) is 5.75 Å². The van der Waals surface area contributed by atoms with Gasteiger partial charge in [-0.3, -0.25) is 4.79 Å². The summed E-state index contributed by atoms with van der Waals surface area (Å²) >= 11 is 0. The van der Waals surface area contributed by atoms with E-state index in [0.717, 1.165) is 38.6 Å². The number of likely N-dealkylation sites (tertiary alicyclic amines) is 1. The molecule has 30 heavy (non-hydrogen) atoms. The average Bonchev–Trinajstić information content (AvgIpc) is 2.74. The van der Waals surface area contributed by atoms with Crippen LogP contribution in [0.25, 0.3) is 32.8 Å². The number of benzene rings is 3. The zero-order chi connectivity index (χ0) is 20.7. The van der Waals surface area contributed by atoms with Crippen LogP contribution in [0.3, 0.4) is 0 Å². The number of nitrogens with zero attached hydrogens (tertiary/aromatic N) is 3. The van der Waals surface area contributed by atoms with E-state index in [1.165, 1.54) is 6.08 Å². The third-order valence-electron chi connectivity index (χ3n) is 5.51. The van der Waals surface area contributed by atoms with Crippen molar-refractivity contribution in [3.05, 3.63) is 73.6 Å². The molecule has 1 aromatic heterocycles. The number of rotatable bonds is 4. The first-order valence-corrected chi connectivity index (χ1v) is 9.78. The molecule has 0 unspecified atom stereocenters. The van der Waals surface area contributed by atoms with Gasteiger partial charge in [-0.2, -0.15) is 0 Å². The molecule has 0 aliphatic carbocycles. The molecule has 6 nitrogen and oxygen atoms in total. The Labute approximate surface area is 173 Å². The van der Waals surface area contributed by atoms with Crippen LogP contribution >= 0.6 is 0 Å². The normalized spacial score (nSPS) is 13.9. The predicted molar refractivity (Wildman–Crippen MR) is 118 cm³/mol. The molecular formula is C24H20N4O2. The number of aromatic hydroxyl groups is 1. The van der Waals surface area contributed by atoms with Gasteiger partial charge in [0.25, 0.3) is 0 Å². The fourth-order valence-corrected chi connectivity index (χ4v) is 4.01. The molecule has 148 valence electrons. The van der Waals surface area contributed by atoms with Crippen LogP contribution in [0.15, 0.2) is 73.6 Å². The number of hydrogen-bond donors (Lipinski definition) is 2. The van der Waals surface area contributed by atoms with Gasteiger partial charge >= 0.3 is 0 Å². The fraction of sp³-hybridized carbons (Fsp3) is 0.125. The molecule has 1 amide bonds. The van der Waals surface area contributed by atoms with Gasteiger partial charge in [0, 0.05) is 24.0 Å². The van der Waals surface area contributed by atoms with Gasteiger partial charge in [0.2, 0.25) is 5.91 Å². The Kier molecular flexibility index (Phi) is 4.32. The molecule has 0 atom stereocenters. The van der Waals surface area contributed by atoms with Crippen LogP contribution in [0.2, 0.25) is 0 Å². The van der Waals surface area contributed by atoms with Gasteiger partial charge in [0.15, 0.2) is 0 Å². The molecule has 0 saturated carbocycles. The summed E-state index contributed by atoms with van der Waals surface area (Å²) in [6.07, 6.45) is 2.88. The lowest BCUT2D eigenvalue weighted by Gasteiger charge is -2.39. The zero-order valence-electron chi connectivity index (χ0n) is 16.2. The van der Waals surface area contributed by atoms with Crippen LogP contribution < -0.4 is 5.32 Å². The molecule has 0 spiro atoms. The van der Waals surface area contributed by atoms with Crippen molar-refractivity contribution in [1.29, 1.82) is 0 Å². The van der Waals surface area contributed by atoms with E-state index in [1.807, 2.05) is 42.5 Å². The van der Waals surface area contributed by atoms with Gasteiger partial charge in [-0.25, -0.2) is 9.97 Å². The van der Waals surface area contributed by atoms with Crippen LogP contribution in [-0.2, 0) is 4.79 Å². The van der Waals surface area contributed by atoms with Crippen molar-refractivity contribution in [1.82, 2.24) is 14.9 Å². The summed E-state index contributed by atoms with van der Waals surface area (Å²) in [5.41, 5.74) is 2.67. The molecule has 2 N–H and O–H groups in total. The van der Waals surface area contributed by atoms with Crippen molar-refractivity contribution >= 4 is 33.4 Å². The molecule has 1 aliphatic heterocycles. The summed E-state index contributed by atoms with van der Waals surface area (Å²) in [4.78, 5) is 22.4. The number of amides is 1. The first-order valence-electron chi connectivity index (χ1n) is 9.78. The van der Waals surface area contributed by atoms with Gasteiger partial charge in [-0.15, -0.1) is 0 Å². The largest absolute Gasteiger partial charge is 0.508 e. The molecule has 0 radical (unpaired) electrons. The van der Waals surface area contributed by atoms with Crippen molar-refractivity contribution in [3.63, 3.8) is 0 Å². The lowest BCUT2D eigenvalue weighted by Crippen LogP contribution is -2.56. The highest BCUT2D eigenvalue weighted by molar-refractivity contribution is 6.06. The van der Waals surface area contributed by atoms with Gasteiger partial charge in [0.05, 0.1) is 11.6 Å². The van der Waals surface area contributed by atoms with E-state index in [2.05, 4.69) is 21.9 Å². The number of para-hydroxylation sites is 1. The van der Waals surface area contributed by atoms with Gasteiger partial charge in [-0.05, 0) is 40.6 Å². The molecule has 4 aromatic rings. The molecule has 5 rings (SSSR count). The average molecular weight is 396 g/mol. The van der Waals surface area contributed by atoms with Crippen molar-refractivity contribution in [2.75, 3.05) is 18.4 Å². The minimum atomic E-state index is -0.0568. The zero-order valence-corrected chi connectivity index (χ0v) is 16.2. The summed E-state index contributed by atoms with van der Waals surface area (Å²) in [7, 11) is 0. The second-order valence-corrected chi connectivity index (χ2v) is 7.43. The minimum absolute atomic E-state index is 0.0568. The Morgan fingerprint density at radius 2 is 1.87 bits per heavy atom. The monoisotopic (exact) mass is 396 g/mol. The number of aromatic nitrogens is 2. The highest BCUT2D eigenvalue weighted by Gasteiger charge is 2.29. The fourth-order valence-electron chi connectivity index (χ4n) is 4.01. The number of phenolic OH excluding ortho intramolecular Hbond substituents is 1. The number of carbonyl (C=O) groups is 1. The van der Waals surface area contributed by atoms with E-state index in [4.69, 9.17) is 0 Å². The van der Waals surface area contributed by atoms with Gasteiger partial charge in [-0.1, -0.05) is 43.0 Å². The molecule has 3 aromatic carbocycles. The molecular weight excluding hydrogens is 376 g/mol. The summed E-state index contributed by atoms with van der Waals surface area (Å²) in [5.74, 6) is 0.898. The Morgan fingerprint density at radius 1 is 1.07 bits per heavy atom. The number of anilines is 1. The van der Waals surface area contributed by atoms with Crippen LogP contribution in [0.1, 0.15) is 0 Å². The second-order valence-electron chi connectivity index (χ2n) is 7.43. The predicted octanol–water partition coefficient (Wildman–Crippen LogP) is 3.96. The highest BCUT2D eigenvalue weighted by Crippen LogP contribution is 2.37. The third kappa shape index (κ3) is 3.03. The quantitative estimate of drug-likeness (QED) is 0.511. The van der Waals surface area contributed by atoms with Crippen molar-refractivity contribution in [2.24, 2.45) is 0 Å². The Morgan fingerprint density at radius 3 is 2.70 bits per heavy atom. The molecule has 1 aliphatic rings. The van der Waals surface area contributed by atoms with Crippen LogP contribution in [0.4, 0.5) is 5.82 Å². The number of phenols is 1. The molecule has 2 heterocycles. The van der Waals surface area contributed by atoms with Gasteiger partial charge in [0.1, 0.15) is 17.9 Å². The molecule has 1 saturated heterocycles. The Balaban J connectivity index is 1.56. The number of nitrogens with one attached hydrogen (secondary N) is 1. The lowest BCUT2D eigenvalue weighted by molar-refractivity contribution is -0.129. The maximum atomic E-state index is 11.7. The van der Waals surface area contributed by atoms with E-state index in [9.17, 15) is 9.90 Å². The van der Waals surface area contributed by atoms with Crippen LogP contribution in [-0.4, -0.2) is 45.0 Å². The van der Waals surface area contributed by atoms with E-state index >= 15 is 0 Å². The smallest absolute Gasteiger partial charge is 0.246 e. The maximum Gasteiger partial charge on any atom is 0.246 e. The number of fused-ring (bicyclic) bond motifs is 2. The lowest BCUT2D eigenvalue weighted by atomic mass is 9.96. The molecule has 0 bridgehead atoms. The SMILES string of the molecule is C=CC(=O)N1CC(Nc2ncnc3c(-c4cc(O)cc5ccccc45)cccc23)C1. The van der Waals surface area contributed by atoms with E-state index < -0.39 is 0 Å².